The number of nitrogens with zero attached hydrogens (tertiary/aromatic N) is 6. The van der Waals surface area contributed by atoms with Crippen LogP contribution in [0.3, 0.4) is 0 Å². The number of benzene rings is 1. The van der Waals surface area contributed by atoms with Crippen molar-refractivity contribution in [3.8, 4) is 11.4 Å². The van der Waals surface area contributed by atoms with Crippen molar-refractivity contribution in [3.63, 3.8) is 0 Å². The molecule has 10 heteroatoms. The zero-order valence-electron chi connectivity index (χ0n) is 20.0. The summed E-state index contributed by atoms with van der Waals surface area (Å²) in [7, 11) is 1.94. The van der Waals surface area contributed by atoms with E-state index in [9.17, 15) is 9.18 Å². The summed E-state index contributed by atoms with van der Waals surface area (Å²) in [5, 5.41) is 9.49. The van der Waals surface area contributed by atoms with Gasteiger partial charge in [-0.15, -0.1) is 10.2 Å². The summed E-state index contributed by atoms with van der Waals surface area (Å²) >= 11 is 1.70. The van der Waals surface area contributed by atoms with Crippen molar-refractivity contribution in [1.29, 1.82) is 0 Å². The predicted molar refractivity (Wildman–Crippen MR) is 135 cm³/mol. The Morgan fingerprint density at radius 1 is 1.23 bits per heavy atom. The number of carbonyl (C=O) groups excluding carboxylic acids is 1. The Labute approximate surface area is 208 Å². The van der Waals surface area contributed by atoms with E-state index >= 15 is 0 Å². The summed E-state index contributed by atoms with van der Waals surface area (Å²) in [5.74, 6) is 1.55. The molecule has 2 aromatic heterocycles. The lowest BCUT2D eigenvalue weighted by Crippen LogP contribution is -2.47. The SMILES string of the molecule is Cn1c(SCCCN2C[C@@H]3CCN(c4ccc(F)cc4)[C@]3(C)C2)nnc1-c1ccc(C(N)=O)nc1. The molecule has 2 fully saturated rings. The monoisotopic (exact) mass is 495 g/mol. The second-order valence-electron chi connectivity index (χ2n) is 9.57. The van der Waals surface area contributed by atoms with Gasteiger partial charge in [0.15, 0.2) is 11.0 Å². The number of hydrogen-bond acceptors (Lipinski definition) is 7. The van der Waals surface area contributed by atoms with Gasteiger partial charge < -0.3 is 20.1 Å². The number of hydrogen-bond donors (Lipinski definition) is 1. The smallest absolute Gasteiger partial charge is 0.267 e. The summed E-state index contributed by atoms with van der Waals surface area (Å²) in [6.07, 6.45) is 3.83. The van der Waals surface area contributed by atoms with Gasteiger partial charge in [-0.3, -0.25) is 9.78 Å². The maximum absolute atomic E-state index is 13.4. The van der Waals surface area contributed by atoms with Gasteiger partial charge in [0, 0.05) is 49.9 Å². The van der Waals surface area contributed by atoms with Crippen LogP contribution in [0.15, 0.2) is 47.8 Å². The van der Waals surface area contributed by atoms with Gasteiger partial charge in [-0.05, 0) is 68.6 Å². The molecule has 3 aromatic rings. The van der Waals surface area contributed by atoms with Crippen LogP contribution in [0.1, 0.15) is 30.3 Å². The lowest BCUT2D eigenvalue weighted by Gasteiger charge is -2.37. The summed E-state index contributed by atoms with van der Waals surface area (Å²) in [4.78, 5) is 20.4. The first-order valence-electron chi connectivity index (χ1n) is 11.9. The Bertz CT molecular complexity index is 1200. The second-order valence-corrected chi connectivity index (χ2v) is 10.6. The molecular weight excluding hydrogens is 465 g/mol. The van der Waals surface area contributed by atoms with Gasteiger partial charge in [-0.25, -0.2) is 4.39 Å². The summed E-state index contributed by atoms with van der Waals surface area (Å²) in [6, 6.07) is 10.3. The zero-order chi connectivity index (χ0) is 24.6. The molecule has 0 saturated carbocycles. The highest BCUT2D eigenvalue weighted by Crippen LogP contribution is 2.43. The number of thioether (sulfide) groups is 1. The van der Waals surface area contributed by atoms with Crippen LogP contribution in [0, 0.1) is 11.7 Å². The van der Waals surface area contributed by atoms with E-state index in [0.717, 1.165) is 54.8 Å². The maximum atomic E-state index is 13.4. The molecule has 35 heavy (non-hydrogen) atoms. The first-order valence-corrected chi connectivity index (χ1v) is 12.9. The average molecular weight is 496 g/mol. The third-order valence-electron chi connectivity index (χ3n) is 7.32. The molecule has 2 N–H and O–H groups in total. The van der Waals surface area contributed by atoms with Crippen molar-refractivity contribution in [2.24, 2.45) is 18.7 Å². The van der Waals surface area contributed by atoms with Crippen molar-refractivity contribution in [1.82, 2.24) is 24.6 Å². The van der Waals surface area contributed by atoms with Crippen LogP contribution in [-0.2, 0) is 7.05 Å². The lowest BCUT2D eigenvalue weighted by molar-refractivity contribution is 0.0995. The number of likely N-dealkylation sites (tertiary alicyclic amines) is 1. The molecule has 0 aliphatic carbocycles. The third kappa shape index (κ3) is 4.64. The summed E-state index contributed by atoms with van der Waals surface area (Å²) < 4.78 is 15.3. The number of fused-ring (bicyclic) bond motifs is 1. The fourth-order valence-electron chi connectivity index (χ4n) is 5.43. The minimum Gasteiger partial charge on any atom is -0.364 e. The van der Waals surface area contributed by atoms with Crippen LogP contribution in [0.4, 0.5) is 10.1 Å². The Balaban J connectivity index is 1.14. The maximum Gasteiger partial charge on any atom is 0.267 e. The minimum atomic E-state index is -0.551. The molecule has 1 aromatic carbocycles. The normalized spacial score (nSPS) is 22.0. The summed E-state index contributed by atoms with van der Waals surface area (Å²) in [5.41, 5.74) is 7.50. The van der Waals surface area contributed by atoms with Crippen LogP contribution in [0.2, 0.25) is 0 Å². The van der Waals surface area contributed by atoms with Crippen LogP contribution >= 0.6 is 11.8 Å². The summed E-state index contributed by atoms with van der Waals surface area (Å²) in [6.45, 7) is 6.57. The minimum absolute atomic E-state index is 0.0988. The van der Waals surface area contributed by atoms with Crippen molar-refractivity contribution in [2.45, 2.75) is 30.5 Å². The quantitative estimate of drug-likeness (QED) is 0.379. The van der Waals surface area contributed by atoms with Crippen LogP contribution in [0.5, 0.6) is 0 Å². The van der Waals surface area contributed by atoms with Crippen LogP contribution < -0.4 is 10.6 Å². The number of rotatable bonds is 8. The number of nitrogens with two attached hydrogens (primary N) is 1. The van der Waals surface area contributed by atoms with E-state index in [2.05, 4.69) is 31.9 Å². The fourth-order valence-corrected chi connectivity index (χ4v) is 6.27. The number of carbonyl (C=O) groups is 1. The standard InChI is InChI=1S/C25H30FN7OS/c1-25-16-32(15-18(25)10-12-33(25)20-7-5-19(26)6-8-20)11-3-13-35-24-30-29-23(31(24)2)17-4-9-21(22(27)34)28-14-17/h4-9,14,18H,3,10-13,15-16H2,1-2H3,(H2,27,34)/t18-,25+/m0/s1. The van der Waals surface area contributed by atoms with Crippen molar-refractivity contribution in [2.75, 3.05) is 36.8 Å². The first kappa shape index (κ1) is 23.7. The topological polar surface area (TPSA) is 93.2 Å². The van der Waals surface area contributed by atoms with Gasteiger partial charge in [0.05, 0.1) is 5.54 Å². The Hall–Kier alpha value is -2.98. The third-order valence-corrected chi connectivity index (χ3v) is 8.42. The van der Waals surface area contributed by atoms with Gasteiger partial charge >= 0.3 is 0 Å². The highest BCUT2D eigenvalue weighted by Gasteiger charge is 2.50. The molecule has 5 rings (SSSR count). The molecule has 2 atom stereocenters. The van der Waals surface area contributed by atoms with Gasteiger partial charge in [-0.2, -0.15) is 0 Å². The Morgan fingerprint density at radius 3 is 2.74 bits per heavy atom. The number of aromatic nitrogens is 4. The molecule has 0 bridgehead atoms. The second kappa shape index (κ2) is 9.58. The Morgan fingerprint density at radius 2 is 2.03 bits per heavy atom. The van der Waals surface area contributed by atoms with Crippen molar-refractivity contribution < 1.29 is 9.18 Å². The molecule has 0 unspecified atom stereocenters. The molecule has 8 nitrogen and oxygen atoms in total. The highest BCUT2D eigenvalue weighted by atomic mass is 32.2. The van der Waals surface area contributed by atoms with Crippen molar-refractivity contribution >= 4 is 23.4 Å². The Kier molecular flexibility index (Phi) is 6.50. The zero-order valence-corrected chi connectivity index (χ0v) is 20.8. The van der Waals surface area contributed by atoms with Crippen molar-refractivity contribution in [3.05, 3.63) is 54.1 Å². The molecule has 0 spiro atoms. The van der Waals surface area contributed by atoms with E-state index in [1.807, 2.05) is 23.7 Å². The molecule has 2 saturated heterocycles. The largest absolute Gasteiger partial charge is 0.364 e. The van der Waals surface area contributed by atoms with Gasteiger partial charge in [-0.1, -0.05) is 11.8 Å². The lowest BCUT2D eigenvalue weighted by atomic mass is 9.90. The number of halogens is 1. The van der Waals surface area contributed by atoms with E-state index in [4.69, 9.17) is 5.73 Å². The van der Waals surface area contributed by atoms with E-state index < -0.39 is 5.91 Å². The predicted octanol–water partition coefficient (Wildman–Crippen LogP) is 3.20. The molecule has 1 amide bonds. The van der Waals surface area contributed by atoms with E-state index in [1.165, 1.54) is 6.42 Å². The molecule has 0 radical (unpaired) electrons. The molecular formula is C25H30FN7OS. The first-order chi connectivity index (χ1) is 16.8. The van der Waals surface area contributed by atoms with Crippen LogP contribution in [0.25, 0.3) is 11.4 Å². The molecule has 4 heterocycles. The van der Waals surface area contributed by atoms with Gasteiger partial charge in [0.25, 0.3) is 5.91 Å². The highest BCUT2D eigenvalue weighted by molar-refractivity contribution is 7.99. The van der Waals surface area contributed by atoms with E-state index in [0.29, 0.717) is 11.7 Å². The molecule has 184 valence electrons. The number of primary amides is 1. The van der Waals surface area contributed by atoms with Gasteiger partial charge in [0.2, 0.25) is 0 Å². The fraction of sp³-hybridized carbons (Fsp3) is 0.440. The number of amides is 1. The molecule has 2 aliphatic heterocycles. The van der Waals surface area contributed by atoms with E-state index in [1.54, 1.807) is 42.2 Å². The van der Waals surface area contributed by atoms with Crippen LogP contribution in [-0.4, -0.2) is 68.0 Å². The van der Waals surface area contributed by atoms with Gasteiger partial charge in [0.1, 0.15) is 11.5 Å². The average Bonchev–Trinajstić information content (AvgIpc) is 3.47. The van der Waals surface area contributed by atoms with E-state index in [-0.39, 0.29) is 17.1 Å². The number of anilines is 1. The number of pyridine rings is 1. The molecule has 2 aliphatic rings.